The number of carbonyl (C=O) groups excluding carboxylic acids is 1. The molecule has 0 aromatic heterocycles. The fourth-order valence-electron chi connectivity index (χ4n) is 6.49. The van der Waals surface area contributed by atoms with Crippen LogP contribution in [0, 0.1) is 17.3 Å². The molecule has 0 spiro atoms. The molecule has 0 saturated heterocycles. The van der Waals surface area contributed by atoms with Crippen molar-refractivity contribution < 1.29 is 19.4 Å². The van der Waals surface area contributed by atoms with Gasteiger partial charge in [0, 0.05) is 17.0 Å². The summed E-state index contributed by atoms with van der Waals surface area (Å²) in [6, 6.07) is 11.6. The average Bonchev–Trinajstić information content (AvgIpc) is 3.04. The third-order valence-electron chi connectivity index (χ3n) is 8.12. The van der Waals surface area contributed by atoms with Gasteiger partial charge in [-0.2, -0.15) is 0 Å². The van der Waals surface area contributed by atoms with Crippen molar-refractivity contribution in [1.29, 1.82) is 0 Å². The van der Waals surface area contributed by atoms with Crippen molar-refractivity contribution in [2.24, 2.45) is 17.3 Å². The number of hydrogen-bond acceptors (Lipinski definition) is 4. The number of fused-ring (bicyclic) bond motifs is 5. The number of Topliss-reactive ketones (excluding diaryl/α,β-unsaturated/α-hetero) is 1. The first-order valence-corrected chi connectivity index (χ1v) is 11.2. The molecular formula is C27H30O4. The molecule has 0 heterocycles. The van der Waals surface area contributed by atoms with Crippen molar-refractivity contribution in [2.75, 3.05) is 14.2 Å². The van der Waals surface area contributed by atoms with Gasteiger partial charge in [-0.3, -0.25) is 4.79 Å². The lowest BCUT2D eigenvalue weighted by Crippen LogP contribution is -2.42. The van der Waals surface area contributed by atoms with Gasteiger partial charge in [0.15, 0.2) is 5.78 Å². The van der Waals surface area contributed by atoms with Crippen molar-refractivity contribution in [1.82, 2.24) is 0 Å². The molecule has 31 heavy (non-hydrogen) atoms. The van der Waals surface area contributed by atoms with E-state index in [1.54, 1.807) is 14.2 Å². The van der Waals surface area contributed by atoms with E-state index >= 15 is 0 Å². The van der Waals surface area contributed by atoms with Crippen LogP contribution in [-0.2, 0) is 11.2 Å². The van der Waals surface area contributed by atoms with Gasteiger partial charge < -0.3 is 14.6 Å². The van der Waals surface area contributed by atoms with Crippen molar-refractivity contribution in [3.63, 3.8) is 0 Å². The van der Waals surface area contributed by atoms with E-state index in [0.717, 1.165) is 54.7 Å². The quantitative estimate of drug-likeness (QED) is 0.666. The monoisotopic (exact) mass is 418 g/mol. The third-order valence-corrected chi connectivity index (χ3v) is 8.12. The number of rotatable bonds is 3. The summed E-state index contributed by atoms with van der Waals surface area (Å²) >= 11 is 0. The van der Waals surface area contributed by atoms with E-state index in [9.17, 15) is 9.90 Å². The summed E-state index contributed by atoms with van der Waals surface area (Å²) in [7, 11) is 3.29. The number of methoxy groups -OCH3 is 2. The van der Waals surface area contributed by atoms with Crippen molar-refractivity contribution in [2.45, 2.75) is 44.9 Å². The summed E-state index contributed by atoms with van der Waals surface area (Å²) in [6.45, 7) is 2.19. The van der Waals surface area contributed by atoms with Crippen molar-refractivity contribution in [3.05, 3.63) is 58.7 Å². The Labute approximate surface area is 183 Å². The Morgan fingerprint density at radius 1 is 1.10 bits per heavy atom. The fourth-order valence-corrected chi connectivity index (χ4v) is 6.49. The maximum atomic E-state index is 13.6. The Hall–Kier alpha value is -2.75. The average molecular weight is 419 g/mol. The van der Waals surface area contributed by atoms with Crippen LogP contribution in [0.3, 0.4) is 0 Å². The minimum atomic E-state index is -0.277. The number of phenols is 1. The number of phenolic OH excluding ortho intramolecular Hbond substituents is 1. The van der Waals surface area contributed by atoms with Crippen LogP contribution in [0.1, 0.15) is 55.2 Å². The van der Waals surface area contributed by atoms with Crippen LogP contribution in [0.25, 0.3) is 6.08 Å². The predicted octanol–water partition coefficient (Wildman–Crippen LogP) is 5.53. The van der Waals surface area contributed by atoms with Crippen LogP contribution in [0.2, 0.25) is 0 Å². The smallest absolute Gasteiger partial charge is 0.165 e. The summed E-state index contributed by atoms with van der Waals surface area (Å²) in [5.41, 5.74) is 4.25. The van der Waals surface area contributed by atoms with Gasteiger partial charge in [-0.1, -0.05) is 13.0 Å². The third kappa shape index (κ3) is 3.15. The van der Waals surface area contributed by atoms with Crippen LogP contribution in [0.15, 0.2) is 42.0 Å². The molecule has 2 aromatic rings. The van der Waals surface area contributed by atoms with E-state index in [4.69, 9.17) is 9.47 Å². The lowest BCUT2D eigenvalue weighted by atomic mass is 9.55. The Kier molecular flexibility index (Phi) is 4.84. The normalized spacial score (nSPS) is 30.5. The van der Waals surface area contributed by atoms with Gasteiger partial charge in [-0.25, -0.2) is 0 Å². The van der Waals surface area contributed by atoms with E-state index in [1.807, 2.05) is 36.4 Å². The highest BCUT2D eigenvalue weighted by atomic mass is 16.5. The molecule has 4 heteroatoms. The molecule has 2 aromatic carbocycles. The summed E-state index contributed by atoms with van der Waals surface area (Å²) < 4.78 is 10.9. The van der Waals surface area contributed by atoms with E-state index in [2.05, 4.69) is 13.0 Å². The molecule has 5 rings (SSSR count). The number of ketones is 1. The topological polar surface area (TPSA) is 55.8 Å². The van der Waals surface area contributed by atoms with Gasteiger partial charge in [0.1, 0.15) is 17.2 Å². The zero-order chi connectivity index (χ0) is 21.8. The molecule has 3 aliphatic carbocycles. The zero-order valence-corrected chi connectivity index (χ0v) is 18.5. The van der Waals surface area contributed by atoms with Gasteiger partial charge in [-0.15, -0.1) is 0 Å². The van der Waals surface area contributed by atoms with Crippen LogP contribution >= 0.6 is 0 Å². The lowest BCUT2D eigenvalue weighted by molar-refractivity contribution is -0.127. The van der Waals surface area contributed by atoms with Gasteiger partial charge >= 0.3 is 0 Å². The van der Waals surface area contributed by atoms with E-state index in [-0.39, 0.29) is 5.41 Å². The maximum absolute atomic E-state index is 13.6. The Morgan fingerprint density at radius 2 is 1.94 bits per heavy atom. The van der Waals surface area contributed by atoms with Gasteiger partial charge in [0.2, 0.25) is 0 Å². The Bertz CT molecular complexity index is 1070. The lowest BCUT2D eigenvalue weighted by Gasteiger charge is -2.48. The number of aromatic hydroxyl groups is 1. The molecule has 3 aliphatic rings. The van der Waals surface area contributed by atoms with E-state index in [0.29, 0.717) is 29.3 Å². The number of allylic oxidation sites excluding steroid dienone is 1. The van der Waals surface area contributed by atoms with Gasteiger partial charge in [0.05, 0.1) is 14.2 Å². The van der Waals surface area contributed by atoms with E-state index < -0.39 is 0 Å². The van der Waals surface area contributed by atoms with E-state index in [1.165, 1.54) is 11.1 Å². The molecule has 2 saturated carbocycles. The van der Waals surface area contributed by atoms with Crippen molar-refractivity contribution >= 4 is 11.9 Å². The second kappa shape index (κ2) is 7.44. The van der Waals surface area contributed by atoms with Gasteiger partial charge in [-0.05, 0) is 96.9 Å². The second-order valence-electron chi connectivity index (χ2n) is 9.57. The molecule has 162 valence electrons. The minimum absolute atomic E-state index is 0.277. The predicted molar refractivity (Wildman–Crippen MR) is 121 cm³/mol. The van der Waals surface area contributed by atoms with Crippen LogP contribution in [0.5, 0.6) is 17.2 Å². The molecule has 0 unspecified atom stereocenters. The summed E-state index contributed by atoms with van der Waals surface area (Å²) in [4.78, 5) is 13.6. The van der Waals surface area contributed by atoms with Gasteiger partial charge in [0.25, 0.3) is 0 Å². The molecule has 1 N–H and O–H groups in total. The molecule has 0 bridgehead atoms. The Balaban J connectivity index is 1.48. The summed E-state index contributed by atoms with van der Waals surface area (Å²) in [5.74, 6) is 3.51. The number of aryl methyl sites for hydroxylation is 1. The standard InChI is InChI=1S/C27H30O4/c1-27-11-10-22-21-9-6-19(28)13-16(21)5-8-23(22)24(27)14-18(26(27)29)12-17-4-7-20(30-2)15-25(17)31-3/h4,6-7,9,12-13,15,22-24,28H,5,8,10-11,14H2,1-3H3/t22-,23-,24+,27+/m1/s1. The zero-order valence-electron chi connectivity index (χ0n) is 18.5. The van der Waals surface area contributed by atoms with Crippen LogP contribution in [0.4, 0.5) is 0 Å². The first kappa shape index (κ1) is 20.2. The largest absolute Gasteiger partial charge is 0.508 e. The number of ether oxygens (including phenoxy) is 2. The highest BCUT2D eigenvalue weighted by Gasteiger charge is 2.56. The highest BCUT2D eigenvalue weighted by molar-refractivity contribution is 6.06. The first-order valence-electron chi connectivity index (χ1n) is 11.2. The fraction of sp³-hybridized carbons (Fsp3) is 0.444. The number of benzene rings is 2. The molecule has 2 fully saturated rings. The molecular weight excluding hydrogens is 388 g/mol. The molecule has 0 radical (unpaired) electrons. The molecule has 0 amide bonds. The summed E-state index contributed by atoms with van der Waals surface area (Å²) in [6.07, 6.45) is 6.91. The van der Waals surface area contributed by atoms with Crippen LogP contribution < -0.4 is 9.47 Å². The summed E-state index contributed by atoms with van der Waals surface area (Å²) in [5, 5.41) is 9.89. The molecule has 0 aliphatic heterocycles. The maximum Gasteiger partial charge on any atom is 0.165 e. The number of hydrogen-bond donors (Lipinski definition) is 1. The van der Waals surface area contributed by atoms with Crippen LogP contribution in [-0.4, -0.2) is 25.1 Å². The number of carbonyl (C=O) groups is 1. The molecule has 4 nitrogen and oxygen atoms in total. The first-order chi connectivity index (χ1) is 14.9. The minimum Gasteiger partial charge on any atom is -0.508 e. The Morgan fingerprint density at radius 3 is 2.71 bits per heavy atom. The van der Waals surface area contributed by atoms with Crippen molar-refractivity contribution in [3.8, 4) is 17.2 Å². The SMILES string of the molecule is COc1ccc(C=C2C[C@H]3[C@@H]4CCc5cc(O)ccc5[C@H]4CC[C@]3(C)C2=O)c(OC)c1. The highest BCUT2D eigenvalue weighted by Crippen LogP contribution is 2.61. The molecule has 4 atom stereocenters. The second-order valence-corrected chi connectivity index (χ2v) is 9.57.